The lowest BCUT2D eigenvalue weighted by Crippen LogP contribution is -2.40. The first-order valence-corrected chi connectivity index (χ1v) is 10.8. The molecule has 7 heteroatoms. The van der Waals surface area contributed by atoms with Crippen molar-refractivity contribution in [3.63, 3.8) is 0 Å². The van der Waals surface area contributed by atoms with Gasteiger partial charge in [0.25, 0.3) is 0 Å². The van der Waals surface area contributed by atoms with Gasteiger partial charge in [-0.3, -0.25) is 4.99 Å². The van der Waals surface area contributed by atoms with Crippen LogP contribution in [-0.2, 0) is 19.4 Å². The molecule has 0 spiro atoms. The average Bonchev–Trinajstić information content (AvgIpc) is 3.18. The van der Waals surface area contributed by atoms with Crippen molar-refractivity contribution >= 4 is 29.9 Å². The highest BCUT2D eigenvalue weighted by Crippen LogP contribution is 2.35. The Balaban J connectivity index is 0.00000210. The van der Waals surface area contributed by atoms with Gasteiger partial charge in [-0.2, -0.15) is 0 Å². The van der Waals surface area contributed by atoms with E-state index in [0.29, 0.717) is 0 Å². The second-order valence-electron chi connectivity index (χ2n) is 8.19. The Hall–Kier alpha value is -0.860. The van der Waals surface area contributed by atoms with Gasteiger partial charge in [0.15, 0.2) is 5.96 Å². The maximum atomic E-state index is 4.95. The number of rotatable bonds is 4. The fourth-order valence-corrected chi connectivity index (χ4v) is 5.00. The smallest absolute Gasteiger partial charge is 0.193 e. The normalized spacial score (nSPS) is 25.4. The molecule has 0 bridgehead atoms. The Kier molecular flexibility index (Phi) is 7.78. The van der Waals surface area contributed by atoms with Crippen molar-refractivity contribution in [1.29, 1.82) is 0 Å². The summed E-state index contributed by atoms with van der Waals surface area (Å²) < 4.78 is 2.35. The SMILES string of the molecule is CCNC(=NCCc1nnc2n1CCCCC2)N1CC2CCCCC2C1.I. The number of aromatic nitrogens is 3. The highest BCUT2D eigenvalue weighted by molar-refractivity contribution is 14.0. The molecule has 1 aliphatic carbocycles. The quantitative estimate of drug-likeness (QED) is 0.404. The molecule has 27 heavy (non-hydrogen) atoms. The number of hydrogen-bond donors (Lipinski definition) is 1. The fourth-order valence-electron chi connectivity index (χ4n) is 5.00. The fraction of sp³-hybridized carbons (Fsp3) is 0.850. The molecule has 0 amide bonds. The summed E-state index contributed by atoms with van der Waals surface area (Å²) in [6.07, 6.45) is 11.4. The number of halogens is 1. The molecule has 4 rings (SSSR count). The third-order valence-corrected chi connectivity index (χ3v) is 6.39. The first-order valence-electron chi connectivity index (χ1n) is 10.8. The van der Waals surface area contributed by atoms with Gasteiger partial charge in [-0.15, -0.1) is 34.2 Å². The van der Waals surface area contributed by atoms with Gasteiger partial charge in [-0.25, -0.2) is 0 Å². The standard InChI is InChI=1S/C20H34N6.HI/c1-2-21-20(25-14-16-8-5-6-9-17(16)15-25)22-12-11-19-24-23-18-10-4-3-7-13-26(18)19;/h16-17H,2-15H2,1H3,(H,21,22);1H. The summed E-state index contributed by atoms with van der Waals surface area (Å²) in [5.74, 6) is 5.19. The Bertz CT molecular complexity index is 614. The summed E-state index contributed by atoms with van der Waals surface area (Å²) in [6, 6.07) is 0. The average molecular weight is 486 g/mol. The molecule has 6 nitrogen and oxygen atoms in total. The van der Waals surface area contributed by atoms with Crippen LogP contribution in [0.15, 0.2) is 4.99 Å². The zero-order valence-corrected chi connectivity index (χ0v) is 19.0. The van der Waals surface area contributed by atoms with Crippen LogP contribution < -0.4 is 5.32 Å². The van der Waals surface area contributed by atoms with E-state index in [1.807, 2.05) is 0 Å². The van der Waals surface area contributed by atoms with Gasteiger partial charge in [0, 0.05) is 45.6 Å². The molecule has 1 aromatic heterocycles. The second-order valence-corrected chi connectivity index (χ2v) is 8.19. The molecular formula is C20H35IN6. The van der Waals surface area contributed by atoms with Crippen LogP contribution in [0.5, 0.6) is 0 Å². The predicted octanol–water partition coefficient (Wildman–Crippen LogP) is 3.25. The minimum absolute atomic E-state index is 0. The van der Waals surface area contributed by atoms with Crippen LogP contribution in [0.1, 0.15) is 63.5 Å². The summed E-state index contributed by atoms with van der Waals surface area (Å²) in [6.45, 7) is 7.36. The number of likely N-dealkylation sites (tertiary alicyclic amines) is 1. The minimum Gasteiger partial charge on any atom is -0.357 e. The van der Waals surface area contributed by atoms with E-state index in [1.165, 1.54) is 63.9 Å². The number of aliphatic imine (C=N–C) groups is 1. The van der Waals surface area contributed by atoms with Crippen molar-refractivity contribution in [2.24, 2.45) is 16.8 Å². The summed E-state index contributed by atoms with van der Waals surface area (Å²) in [4.78, 5) is 7.46. The zero-order valence-electron chi connectivity index (χ0n) is 16.7. The molecule has 1 aromatic rings. The molecule has 3 heterocycles. The largest absolute Gasteiger partial charge is 0.357 e. The van der Waals surface area contributed by atoms with E-state index in [-0.39, 0.29) is 24.0 Å². The lowest BCUT2D eigenvalue weighted by Gasteiger charge is -2.22. The molecule has 152 valence electrons. The topological polar surface area (TPSA) is 58.3 Å². The van der Waals surface area contributed by atoms with Crippen LogP contribution in [-0.4, -0.2) is 51.8 Å². The monoisotopic (exact) mass is 486 g/mol. The number of nitrogens with zero attached hydrogens (tertiary/aromatic N) is 5. The predicted molar refractivity (Wildman–Crippen MR) is 120 cm³/mol. The molecule has 1 saturated carbocycles. The second kappa shape index (κ2) is 10.1. The molecule has 2 fully saturated rings. The number of guanidine groups is 1. The lowest BCUT2D eigenvalue weighted by molar-refractivity contribution is 0.299. The minimum atomic E-state index is 0. The molecule has 3 aliphatic rings. The van der Waals surface area contributed by atoms with Crippen LogP contribution >= 0.6 is 24.0 Å². The molecule has 0 aromatic carbocycles. The first kappa shape index (κ1) is 20.9. The van der Waals surface area contributed by atoms with Gasteiger partial charge in [0.05, 0.1) is 0 Å². The summed E-state index contributed by atoms with van der Waals surface area (Å²) in [5.41, 5.74) is 0. The molecule has 2 unspecified atom stereocenters. The van der Waals surface area contributed by atoms with Gasteiger partial charge in [0.2, 0.25) is 0 Å². The maximum absolute atomic E-state index is 4.95. The van der Waals surface area contributed by atoms with E-state index in [1.54, 1.807) is 0 Å². The number of hydrogen-bond acceptors (Lipinski definition) is 3. The molecule has 2 aliphatic heterocycles. The summed E-state index contributed by atoms with van der Waals surface area (Å²) in [5, 5.41) is 12.4. The number of fused-ring (bicyclic) bond motifs is 2. The van der Waals surface area contributed by atoms with Crippen molar-refractivity contribution in [2.75, 3.05) is 26.2 Å². The Morgan fingerprint density at radius 2 is 1.85 bits per heavy atom. The van der Waals surface area contributed by atoms with Gasteiger partial charge in [0.1, 0.15) is 11.6 Å². The van der Waals surface area contributed by atoms with E-state index in [9.17, 15) is 0 Å². The highest BCUT2D eigenvalue weighted by atomic mass is 127. The van der Waals surface area contributed by atoms with Crippen molar-refractivity contribution < 1.29 is 0 Å². The van der Waals surface area contributed by atoms with Crippen molar-refractivity contribution in [3.05, 3.63) is 11.6 Å². The Morgan fingerprint density at radius 1 is 1.07 bits per heavy atom. The number of nitrogens with one attached hydrogen (secondary N) is 1. The molecular weight excluding hydrogens is 451 g/mol. The van der Waals surface area contributed by atoms with Crippen LogP contribution in [0.25, 0.3) is 0 Å². The lowest BCUT2D eigenvalue weighted by atomic mass is 9.82. The third kappa shape index (κ3) is 4.95. The number of aryl methyl sites for hydroxylation is 1. The third-order valence-electron chi connectivity index (χ3n) is 6.39. The summed E-state index contributed by atoms with van der Waals surface area (Å²) >= 11 is 0. The van der Waals surface area contributed by atoms with Gasteiger partial charge < -0.3 is 14.8 Å². The van der Waals surface area contributed by atoms with E-state index in [4.69, 9.17) is 4.99 Å². The van der Waals surface area contributed by atoms with Crippen LogP contribution in [0.2, 0.25) is 0 Å². The van der Waals surface area contributed by atoms with Gasteiger partial charge in [-0.05, 0) is 44.4 Å². The highest BCUT2D eigenvalue weighted by Gasteiger charge is 2.35. The van der Waals surface area contributed by atoms with E-state index in [0.717, 1.165) is 56.1 Å². The summed E-state index contributed by atoms with van der Waals surface area (Å²) in [7, 11) is 0. The molecule has 1 saturated heterocycles. The molecule has 2 atom stereocenters. The van der Waals surface area contributed by atoms with Crippen LogP contribution in [0.3, 0.4) is 0 Å². The molecule has 0 radical (unpaired) electrons. The van der Waals surface area contributed by atoms with Crippen molar-refractivity contribution in [1.82, 2.24) is 25.0 Å². The van der Waals surface area contributed by atoms with Gasteiger partial charge in [-0.1, -0.05) is 19.3 Å². The van der Waals surface area contributed by atoms with E-state index in [2.05, 4.69) is 31.9 Å². The Labute approximate surface area is 180 Å². The van der Waals surface area contributed by atoms with E-state index >= 15 is 0 Å². The molecule has 1 N–H and O–H groups in total. The Morgan fingerprint density at radius 3 is 2.59 bits per heavy atom. The van der Waals surface area contributed by atoms with Gasteiger partial charge >= 0.3 is 0 Å². The van der Waals surface area contributed by atoms with Crippen molar-refractivity contribution in [2.45, 2.75) is 71.3 Å². The zero-order chi connectivity index (χ0) is 17.8. The van der Waals surface area contributed by atoms with Crippen molar-refractivity contribution in [3.8, 4) is 0 Å². The van der Waals surface area contributed by atoms with Crippen LogP contribution in [0.4, 0.5) is 0 Å². The maximum Gasteiger partial charge on any atom is 0.193 e. The van der Waals surface area contributed by atoms with Crippen LogP contribution in [0, 0.1) is 11.8 Å². The van der Waals surface area contributed by atoms with E-state index < -0.39 is 0 Å². The first-order chi connectivity index (χ1) is 12.8.